The summed E-state index contributed by atoms with van der Waals surface area (Å²) < 4.78 is 0. The molecule has 0 aliphatic heterocycles. The van der Waals surface area contributed by atoms with Crippen molar-refractivity contribution in [2.45, 2.75) is 11.3 Å². The number of carbonyl (C=O) groups is 1. The van der Waals surface area contributed by atoms with Crippen LogP contribution in [0.3, 0.4) is 0 Å². The molecule has 0 saturated heterocycles. The Morgan fingerprint density at radius 2 is 1.95 bits per heavy atom. The van der Waals surface area contributed by atoms with Crippen LogP contribution < -0.4 is 5.32 Å². The molecule has 0 atom stereocenters. The predicted molar refractivity (Wildman–Crippen MR) is 77.0 cm³/mol. The Morgan fingerprint density at radius 3 is 2.68 bits per heavy atom. The van der Waals surface area contributed by atoms with Gasteiger partial charge in [-0.1, -0.05) is 12.1 Å². The van der Waals surface area contributed by atoms with Gasteiger partial charge in [-0.3, -0.25) is 9.78 Å². The van der Waals surface area contributed by atoms with Crippen LogP contribution in [0.25, 0.3) is 0 Å². The van der Waals surface area contributed by atoms with Crippen molar-refractivity contribution >= 4 is 17.7 Å². The molecule has 1 heterocycles. The van der Waals surface area contributed by atoms with Gasteiger partial charge in [0.25, 0.3) is 0 Å². The highest BCUT2D eigenvalue weighted by molar-refractivity contribution is 8.00. The van der Waals surface area contributed by atoms with Crippen molar-refractivity contribution < 1.29 is 4.79 Å². The molecule has 2 aromatic rings. The number of pyridine rings is 1. The highest BCUT2D eigenvalue weighted by Gasteiger charge is 2.02. The third-order valence-corrected chi connectivity index (χ3v) is 3.55. The highest BCUT2D eigenvalue weighted by Crippen LogP contribution is 2.15. The Hall–Kier alpha value is -1.81. The second-order valence-corrected chi connectivity index (χ2v) is 5.03. The SMILES string of the molecule is O=C(CSc1cc[c]cc1)NCCc1ccncc1. The van der Waals surface area contributed by atoms with Crippen molar-refractivity contribution in [2.75, 3.05) is 12.3 Å². The molecule has 1 radical (unpaired) electrons. The molecular formula is C15H15N2OS. The molecule has 0 aliphatic carbocycles. The molecule has 97 valence electrons. The number of nitrogens with one attached hydrogen (secondary N) is 1. The maximum atomic E-state index is 11.7. The largest absolute Gasteiger partial charge is 0.355 e. The first kappa shape index (κ1) is 13.6. The van der Waals surface area contributed by atoms with Crippen LogP contribution in [-0.2, 0) is 11.2 Å². The van der Waals surface area contributed by atoms with Crippen LogP contribution >= 0.6 is 11.8 Å². The van der Waals surface area contributed by atoms with Gasteiger partial charge >= 0.3 is 0 Å². The summed E-state index contributed by atoms with van der Waals surface area (Å²) in [5.74, 6) is 0.507. The van der Waals surface area contributed by atoms with Crippen LogP contribution in [0.4, 0.5) is 0 Å². The van der Waals surface area contributed by atoms with Crippen LogP contribution in [0, 0.1) is 6.07 Å². The van der Waals surface area contributed by atoms with Crippen molar-refractivity contribution in [1.29, 1.82) is 0 Å². The molecule has 4 heteroatoms. The normalized spacial score (nSPS) is 10.1. The lowest BCUT2D eigenvalue weighted by atomic mass is 10.2. The van der Waals surface area contributed by atoms with Gasteiger partial charge in [-0.25, -0.2) is 0 Å². The topological polar surface area (TPSA) is 42.0 Å². The third kappa shape index (κ3) is 5.14. The number of rotatable bonds is 6. The first-order chi connectivity index (χ1) is 9.34. The second-order valence-electron chi connectivity index (χ2n) is 3.98. The van der Waals surface area contributed by atoms with Gasteiger partial charge in [0.1, 0.15) is 0 Å². The third-order valence-electron chi connectivity index (χ3n) is 2.54. The molecule has 19 heavy (non-hydrogen) atoms. The Morgan fingerprint density at radius 1 is 1.21 bits per heavy atom. The van der Waals surface area contributed by atoms with Crippen LogP contribution in [0.1, 0.15) is 5.56 Å². The minimum Gasteiger partial charge on any atom is -0.355 e. The standard InChI is InChI=1S/C15H15N2OS/c18-15(12-19-14-4-2-1-3-5-14)17-11-8-13-6-9-16-10-7-13/h2-7,9-10H,8,11-12H2,(H,17,18). The van der Waals surface area contributed by atoms with Crippen molar-refractivity contribution in [2.24, 2.45) is 0 Å². The van der Waals surface area contributed by atoms with Gasteiger partial charge in [0.05, 0.1) is 5.75 Å². The van der Waals surface area contributed by atoms with E-state index >= 15 is 0 Å². The van der Waals surface area contributed by atoms with E-state index in [0.717, 1.165) is 11.3 Å². The zero-order valence-corrected chi connectivity index (χ0v) is 11.3. The molecule has 0 fully saturated rings. The maximum Gasteiger partial charge on any atom is 0.230 e. The molecule has 1 aromatic heterocycles. The molecule has 0 bridgehead atoms. The van der Waals surface area contributed by atoms with Crippen LogP contribution in [0.5, 0.6) is 0 Å². The van der Waals surface area contributed by atoms with Crippen LogP contribution in [0.2, 0.25) is 0 Å². The lowest BCUT2D eigenvalue weighted by Crippen LogP contribution is -2.27. The minimum atomic E-state index is 0.0619. The Bertz CT molecular complexity index is 502. The van der Waals surface area contributed by atoms with Crippen molar-refractivity contribution in [3.05, 3.63) is 60.4 Å². The predicted octanol–water partition coefficient (Wildman–Crippen LogP) is 2.33. The summed E-state index contributed by atoms with van der Waals surface area (Å²) in [5, 5.41) is 2.91. The Balaban J connectivity index is 1.65. The molecule has 1 amide bonds. The van der Waals surface area contributed by atoms with E-state index in [1.165, 1.54) is 17.3 Å². The number of benzene rings is 1. The van der Waals surface area contributed by atoms with E-state index < -0.39 is 0 Å². The minimum absolute atomic E-state index is 0.0619. The Kier molecular flexibility index (Phi) is 5.44. The van der Waals surface area contributed by atoms with Gasteiger partial charge in [-0.2, -0.15) is 0 Å². The summed E-state index contributed by atoms with van der Waals surface area (Å²) in [5.41, 5.74) is 1.18. The summed E-state index contributed by atoms with van der Waals surface area (Å²) in [7, 11) is 0. The van der Waals surface area contributed by atoms with Gasteiger partial charge < -0.3 is 5.32 Å². The summed E-state index contributed by atoms with van der Waals surface area (Å²) in [6, 6.07) is 14.5. The number of hydrogen-bond acceptors (Lipinski definition) is 3. The summed E-state index contributed by atoms with van der Waals surface area (Å²) in [4.78, 5) is 16.7. The van der Waals surface area contributed by atoms with E-state index in [2.05, 4.69) is 16.4 Å². The van der Waals surface area contributed by atoms with Crippen molar-refractivity contribution in [1.82, 2.24) is 10.3 Å². The number of nitrogens with zero attached hydrogens (tertiary/aromatic N) is 1. The molecular weight excluding hydrogens is 256 g/mol. The summed E-state index contributed by atoms with van der Waals surface area (Å²) in [6.45, 7) is 0.659. The Labute approximate surface area is 117 Å². The number of aromatic nitrogens is 1. The van der Waals surface area contributed by atoms with E-state index in [1.54, 1.807) is 12.4 Å². The van der Waals surface area contributed by atoms with Crippen molar-refractivity contribution in [3.8, 4) is 0 Å². The van der Waals surface area contributed by atoms with Crippen LogP contribution in [0.15, 0.2) is 53.7 Å². The monoisotopic (exact) mass is 271 g/mol. The molecule has 0 spiro atoms. The van der Waals surface area contributed by atoms with E-state index in [4.69, 9.17) is 0 Å². The molecule has 1 aromatic carbocycles. The lowest BCUT2D eigenvalue weighted by Gasteiger charge is -2.05. The number of amides is 1. The summed E-state index contributed by atoms with van der Waals surface area (Å²) >= 11 is 1.53. The highest BCUT2D eigenvalue weighted by atomic mass is 32.2. The molecule has 1 N–H and O–H groups in total. The molecule has 3 nitrogen and oxygen atoms in total. The van der Waals surface area contributed by atoms with Gasteiger partial charge in [-0.15, -0.1) is 11.8 Å². The van der Waals surface area contributed by atoms with Gasteiger partial charge in [0.15, 0.2) is 0 Å². The van der Waals surface area contributed by atoms with E-state index in [-0.39, 0.29) is 5.91 Å². The van der Waals surface area contributed by atoms with Gasteiger partial charge in [0.2, 0.25) is 5.91 Å². The average molecular weight is 271 g/mol. The molecule has 0 aliphatic rings. The fourth-order valence-corrected chi connectivity index (χ4v) is 2.29. The first-order valence-corrected chi connectivity index (χ1v) is 7.07. The van der Waals surface area contributed by atoms with E-state index in [1.807, 2.05) is 36.4 Å². The van der Waals surface area contributed by atoms with Crippen LogP contribution in [-0.4, -0.2) is 23.2 Å². The summed E-state index contributed by atoms with van der Waals surface area (Å²) in [6.07, 6.45) is 4.36. The van der Waals surface area contributed by atoms with Gasteiger partial charge in [0, 0.05) is 23.8 Å². The van der Waals surface area contributed by atoms with E-state index in [9.17, 15) is 4.79 Å². The molecule has 2 rings (SSSR count). The average Bonchev–Trinajstić information content (AvgIpc) is 2.47. The first-order valence-electron chi connectivity index (χ1n) is 6.09. The fraction of sp³-hybridized carbons (Fsp3) is 0.200. The molecule has 0 saturated carbocycles. The fourth-order valence-electron chi connectivity index (χ4n) is 1.56. The smallest absolute Gasteiger partial charge is 0.230 e. The lowest BCUT2D eigenvalue weighted by molar-refractivity contribution is -0.118. The van der Waals surface area contributed by atoms with Gasteiger partial charge in [-0.05, 0) is 42.3 Å². The number of hydrogen-bond donors (Lipinski definition) is 1. The zero-order chi connectivity index (χ0) is 13.3. The second kappa shape index (κ2) is 7.59. The van der Waals surface area contributed by atoms with Crippen molar-refractivity contribution in [3.63, 3.8) is 0 Å². The quantitative estimate of drug-likeness (QED) is 0.820. The number of thioether (sulfide) groups is 1. The molecule has 0 unspecified atom stereocenters. The number of carbonyl (C=O) groups excluding carboxylic acids is 1. The maximum absolute atomic E-state index is 11.7. The zero-order valence-electron chi connectivity index (χ0n) is 10.5. The van der Waals surface area contributed by atoms with E-state index in [0.29, 0.717) is 12.3 Å².